The molecule has 0 saturated carbocycles. The number of likely N-dealkylation sites (N-methyl/N-ethyl adjacent to an activating group) is 1. The topological polar surface area (TPSA) is 98.7 Å². The van der Waals surface area contributed by atoms with E-state index in [1.54, 1.807) is 23.8 Å². The van der Waals surface area contributed by atoms with Gasteiger partial charge in [0, 0.05) is 53.3 Å². The van der Waals surface area contributed by atoms with Crippen molar-refractivity contribution >= 4 is 27.7 Å². The number of fused-ring (bicyclic) bond motifs is 1. The van der Waals surface area contributed by atoms with Crippen molar-refractivity contribution in [3.63, 3.8) is 0 Å². The van der Waals surface area contributed by atoms with Gasteiger partial charge in [0.05, 0.1) is 18.5 Å². The molecule has 140 valence electrons. The van der Waals surface area contributed by atoms with Crippen molar-refractivity contribution in [3.8, 4) is 0 Å². The zero-order chi connectivity index (χ0) is 18.8. The molecule has 0 aliphatic carbocycles. The molecule has 25 heavy (non-hydrogen) atoms. The fourth-order valence-electron chi connectivity index (χ4n) is 2.53. The van der Waals surface area contributed by atoms with Gasteiger partial charge in [-0.15, -0.1) is 0 Å². The zero-order valence-electron chi connectivity index (χ0n) is 15.4. The van der Waals surface area contributed by atoms with Crippen molar-refractivity contribution in [2.45, 2.75) is 19.9 Å². The summed E-state index contributed by atoms with van der Waals surface area (Å²) in [4.78, 5) is 24.3. The molecule has 0 saturated heterocycles. The van der Waals surface area contributed by atoms with Crippen molar-refractivity contribution in [2.75, 3.05) is 57.2 Å². The lowest BCUT2D eigenvalue weighted by atomic mass is 10.1. The first-order chi connectivity index (χ1) is 11.6. The second-order valence-electron chi connectivity index (χ2n) is 6.39. The summed E-state index contributed by atoms with van der Waals surface area (Å²) >= 11 is 0. The average Bonchev–Trinajstić information content (AvgIpc) is 2.52. The molecule has 10 heteroatoms. The Morgan fingerprint density at radius 2 is 1.96 bits per heavy atom. The van der Waals surface area contributed by atoms with E-state index in [-0.39, 0.29) is 5.91 Å². The molecule has 2 rings (SSSR count). The maximum absolute atomic E-state index is 11.6. The van der Waals surface area contributed by atoms with Gasteiger partial charge < -0.3 is 15.1 Å². The van der Waals surface area contributed by atoms with Gasteiger partial charge in [-0.1, -0.05) is 0 Å². The highest BCUT2D eigenvalue weighted by Crippen LogP contribution is 2.25. The predicted octanol–water partition coefficient (Wildman–Crippen LogP) is -0.249. The normalized spacial score (nSPS) is 14.4. The van der Waals surface area contributed by atoms with Crippen LogP contribution < -0.4 is 10.2 Å². The summed E-state index contributed by atoms with van der Waals surface area (Å²) in [7, 11) is 2.05. The molecular weight excluding hydrogens is 344 g/mol. The lowest BCUT2D eigenvalue weighted by Gasteiger charge is -2.29. The highest BCUT2D eigenvalue weighted by Gasteiger charge is 2.24. The van der Waals surface area contributed by atoms with Gasteiger partial charge in [-0.05, 0) is 6.42 Å². The molecule has 1 aromatic rings. The Morgan fingerprint density at radius 1 is 1.28 bits per heavy atom. The summed E-state index contributed by atoms with van der Waals surface area (Å²) in [6, 6.07) is 0. The van der Waals surface area contributed by atoms with Gasteiger partial charge in [-0.2, -0.15) is 4.98 Å². The molecule has 1 amide bonds. The highest BCUT2D eigenvalue weighted by atomic mass is 32.2. The van der Waals surface area contributed by atoms with Gasteiger partial charge in [0.1, 0.15) is 5.82 Å². The number of hydrogen-bond acceptors (Lipinski definition) is 7. The summed E-state index contributed by atoms with van der Waals surface area (Å²) in [5, 5.41) is 3.23. The molecule has 0 spiro atoms. The summed E-state index contributed by atoms with van der Waals surface area (Å²) in [6.07, 6.45) is 1.85. The lowest BCUT2D eigenvalue weighted by Crippen LogP contribution is -2.36. The Kier molecular flexibility index (Phi) is 5.83. The first-order valence-electron chi connectivity index (χ1n) is 8.07. The van der Waals surface area contributed by atoms with E-state index >= 15 is 0 Å². The van der Waals surface area contributed by atoms with Crippen molar-refractivity contribution in [3.05, 3.63) is 11.3 Å². The van der Waals surface area contributed by atoms with E-state index in [2.05, 4.69) is 15.3 Å². The van der Waals surface area contributed by atoms with Crippen LogP contribution in [0.5, 0.6) is 0 Å². The fourth-order valence-corrected chi connectivity index (χ4v) is 2.95. The minimum atomic E-state index is -3.20. The van der Waals surface area contributed by atoms with E-state index in [9.17, 15) is 13.2 Å². The first-order valence-corrected chi connectivity index (χ1v) is 9.92. The number of carbonyl (C=O) groups excluding carboxylic acids is 1. The molecule has 2 heterocycles. The van der Waals surface area contributed by atoms with Crippen molar-refractivity contribution in [1.29, 1.82) is 0 Å². The number of carbonyl (C=O) groups is 1. The average molecular weight is 370 g/mol. The summed E-state index contributed by atoms with van der Waals surface area (Å²) in [5.74, 6) is 1.29. The van der Waals surface area contributed by atoms with E-state index in [1.807, 2.05) is 14.1 Å². The van der Waals surface area contributed by atoms with E-state index in [4.69, 9.17) is 0 Å². The van der Waals surface area contributed by atoms with Crippen molar-refractivity contribution in [1.82, 2.24) is 19.2 Å². The molecule has 1 N–H and O–H groups in total. The van der Waals surface area contributed by atoms with Crippen LogP contribution in [0, 0.1) is 0 Å². The van der Waals surface area contributed by atoms with Crippen molar-refractivity contribution < 1.29 is 13.2 Å². The quantitative estimate of drug-likeness (QED) is 0.737. The Balaban J connectivity index is 2.21. The van der Waals surface area contributed by atoms with E-state index < -0.39 is 10.0 Å². The first kappa shape index (κ1) is 19.4. The van der Waals surface area contributed by atoms with Crippen LogP contribution in [-0.4, -0.2) is 80.5 Å². The third-order valence-corrected chi connectivity index (χ3v) is 5.50. The molecule has 1 aliphatic rings. The summed E-state index contributed by atoms with van der Waals surface area (Å²) in [5.41, 5.74) is 1.82. The minimum absolute atomic E-state index is 0.0277. The fraction of sp³-hybridized carbons (Fsp3) is 0.667. The maximum Gasteiger partial charge on any atom is 0.227 e. The number of anilines is 2. The summed E-state index contributed by atoms with van der Waals surface area (Å²) in [6.45, 7) is 3.43. The highest BCUT2D eigenvalue weighted by molar-refractivity contribution is 7.88. The van der Waals surface area contributed by atoms with Crippen LogP contribution in [0.25, 0.3) is 0 Å². The monoisotopic (exact) mass is 370 g/mol. The van der Waals surface area contributed by atoms with Gasteiger partial charge in [0.15, 0.2) is 0 Å². The number of hydrogen-bond donors (Lipinski definition) is 1. The van der Waals surface area contributed by atoms with E-state index in [0.717, 1.165) is 11.3 Å². The largest absolute Gasteiger partial charge is 0.368 e. The second kappa shape index (κ2) is 7.52. The van der Waals surface area contributed by atoms with Gasteiger partial charge in [0.25, 0.3) is 0 Å². The van der Waals surface area contributed by atoms with Gasteiger partial charge in [-0.25, -0.2) is 17.7 Å². The molecule has 0 fully saturated rings. The molecular formula is C15H26N6O3S. The SMILES string of the molecule is CC(=O)N1CCc2c(nc(N(C)C)nc2NCCN(C)S(C)(=O)=O)C1. The van der Waals surface area contributed by atoms with Gasteiger partial charge in [0.2, 0.25) is 21.9 Å². The smallest absolute Gasteiger partial charge is 0.227 e. The van der Waals surface area contributed by atoms with Crippen LogP contribution in [0.4, 0.5) is 11.8 Å². The molecule has 0 bridgehead atoms. The third kappa shape index (κ3) is 4.79. The number of sulfonamides is 1. The Bertz CT molecular complexity index is 750. The lowest BCUT2D eigenvalue weighted by molar-refractivity contribution is -0.129. The van der Waals surface area contributed by atoms with Crippen LogP contribution in [0.1, 0.15) is 18.2 Å². The van der Waals surface area contributed by atoms with Crippen LogP contribution >= 0.6 is 0 Å². The Hall–Kier alpha value is -1.94. The van der Waals surface area contributed by atoms with Gasteiger partial charge >= 0.3 is 0 Å². The molecule has 0 aromatic carbocycles. The zero-order valence-corrected chi connectivity index (χ0v) is 16.2. The van der Waals surface area contributed by atoms with Crippen LogP contribution in [-0.2, 0) is 27.8 Å². The minimum Gasteiger partial charge on any atom is -0.368 e. The van der Waals surface area contributed by atoms with Crippen LogP contribution in [0.2, 0.25) is 0 Å². The second-order valence-corrected chi connectivity index (χ2v) is 8.48. The third-order valence-electron chi connectivity index (χ3n) is 4.18. The molecule has 1 aliphatic heterocycles. The van der Waals surface area contributed by atoms with Gasteiger partial charge in [-0.3, -0.25) is 4.79 Å². The van der Waals surface area contributed by atoms with Crippen molar-refractivity contribution in [2.24, 2.45) is 0 Å². The summed E-state index contributed by atoms with van der Waals surface area (Å²) < 4.78 is 24.2. The molecule has 9 nitrogen and oxygen atoms in total. The molecule has 0 atom stereocenters. The van der Waals surface area contributed by atoms with Crippen LogP contribution in [0.3, 0.4) is 0 Å². The number of rotatable bonds is 6. The number of nitrogens with zero attached hydrogens (tertiary/aromatic N) is 5. The number of nitrogens with one attached hydrogen (secondary N) is 1. The maximum atomic E-state index is 11.6. The van der Waals surface area contributed by atoms with Crippen LogP contribution in [0.15, 0.2) is 0 Å². The Labute approximate surface area is 149 Å². The predicted molar refractivity (Wildman–Crippen MR) is 97.1 cm³/mol. The standard InChI is InChI=1S/C15H26N6O3S/c1-11(22)21-8-6-12-13(10-21)17-15(19(2)3)18-14(12)16-7-9-20(4)25(5,23)24/h6-10H2,1-5H3,(H,16,17,18). The molecule has 0 unspecified atom stereocenters. The van der Waals surface area contributed by atoms with E-state index in [1.165, 1.54) is 10.6 Å². The number of aromatic nitrogens is 2. The molecule has 1 aromatic heterocycles. The number of amides is 1. The molecule has 0 radical (unpaired) electrons. The van der Waals surface area contributed by atoms with E-state index in [0.29, 0.717) is 44.4 Å². The Morgan fingerprint density at radius 3 is 2.52 bits per heavy atom.